The van der Waals surface area contributed by atoms with Crippen LogP contribution in [0.25, 0.3) is 66.4 Å². The van der Waals surface area contributed by atoms with Crippen molar-refractivity contribution in [1.82, 2.24) is 0 Å². The molecule has 0 saturated carbocycles. The minimum absolute atomic E-state index is 1.09. The van der Waals surface area contributed by atoms with E-state index in [9.17, 15) is 0 Å². The second-order valence-corrected chi connectivity index (χ2v) is 13.3. The highest BCUT2D eigenvalue weighted by Crippen LogP contribution is 2.45. The molecule has 0 N–H and O–H groups in total. The number of fused-ring (bicyclic) bond motifs is 1. The van der Waals surface area contributed by atoms with Gasteiger partial charge in [0.15, 0.2) is 0 Å². The van der Waals surface area contributed by atoms with E-state index in [1.54, 1.807) is 0 Å². The maximum absolute atomic E-state index is 2.41. The van der Waals surface area contributed by atoms with Gasteiger partial charge < -0.3 is 4.90 Å². The number of anilines is 3. The summed E-state index contributed by atoms with van der Waals surface area (Å²) in [5.74, 6) is 0. The molecule has 53 heavy (non-hydrogen) atoms. The van der Waals surface area contributed by atoms with Crippen molar-refractivity contribution in [2.75, 3.05) is 4.90 Å². The van der Waals surface area contributed by atoms with Crippen LogP contribution in [0.3, 0.4) is 0 Å². The summed E-state index contributed by atoms with van der Waals surface area (Å²) < 4.78 is 0. The quantitative estimate of drug-likeness (QED) is 0.155. The van der Waals surface area contributed by atoms with Crippen molar-refractivity contribution >= 4 is 27.8 Å². The normalized spacial score (nSPS) is 11.0. The minimum atomic E-state index is 1.09. The highest BCUT2D eigenvalue weighted by atomic mass is 15.1. The monoisotopic (exact) mass is 675 g/mol. The van der Waals surface area contributed by atoms with E-state index in [1.165, 1.54) is 66.4 Å². The van der Waals surface area contributed by atoms with Crippen molar-refractivity contribution in [3.8, 4) is 55.6 Å². The first kappa shape index (κ1) is 32.0. The fourth-order valence-electron chi connectivity index (χ4n) is 7.49. The molecule has 0 amide bonds. The topological polar surface area (TPSA) is 3.24 Å². The number of nitrogens with zero attached hydrogens (tertiary/aromatic N) is 1. The molecule has 9 aromatic carbocycles. The van der Waals surface area contributed by atoms with E-state index in [4.69, 9.17) is 0 Å². The Bertz CT molecular complexity index is 2630. The van der Waals surface area contributed by atoms with E-state index in [0.717, 1.165) is 17.1 Å². The van der Waals surface area contributed by atoms with Crippen molar-refractivity contribution in [2.24, 2.45) is 0 Å². The number of rotatable bonds is 8. The predicted molar refractivity (Wildman–Crippen MR) is 226 cm³/mol. The molecule has 0 unspecified atom stereocenters. The second kappa shape index (κ2) is 14.3. The van der Waals surface area contributed by atoms with Gasteiger partial charge >= 0.3 is 0 Å². The maximum atomic E-state index is 2.41. The zero-order valence-electron chi connectivity index (χ0n) is 29.3. The molecule has 0 atom stereocenters. The van der Waals surface area contributed by atoms with Crippen LogP contribution >= 0.6 is 0 Å². The van der Waals surface area contributed by atoms with E-state index in [0.29, 0.717) is 0 Å². The largest absolute Gasteiger partial charge is 0.310 e. The van der Waals surface area contributed by atoms with Crippen molar-refractivity contribution in [2.45, 2.75) is 0 Å². The molecule has 1 heteroatoms. The molecule has 0 spiro atoms. The summed E-state index contributed by atoms with van der Waals surface area (Å²) in [5, 5.41) is 2.49. The molecular weight excluding hydrogens is 639 g/mol. The Hall–Kier alpha value is -6.96. The number of hydrogen-bond donors (Lipinski definition) is 0. The fourth-order valence-corrected chi connectivity index (χ4v) is 7.49. The van der Waals surface area contributed by atoms with E-state index < -0.39 is 0 Å². The lowest BCUT2D eigenvalue weighted by Gasteiger charge is -2.29. The van der Waals surface area contributed by atoms with Gasteiger partial charge in [0, 0.05) is 16.9 Å². The molecule has 9 aromatic rings. The van der Waals surface area contributed by atoms with Gasteiger partial charge in [0.25, 0.3) is 0 Å². The lowest BCUT2D eigenvalue weighted by Crippen LogP contribution is -2.11. The standard InChI is InChI=1S/C52H37N/c1-5-16-38(17-6-1)44-25-15-26-47(36-44)53(51-35-31-45(39-18-7-2-8-19-39)37-50(51)40-20-9-3-10-21-40)46-32-28-42(29-33-46)49-34-30-41-22-13-14-27-48(41)52(49)43-23-11-4-12-24-43/h1-37H. The maximum Gasteiger partial charge on any atom is 0.0540 e. The molecule has 0 aromatic heterocycles. The van der Waals surface area contributed by atoms with Crippen LogP contribution in [-0.2, 0) is 0 Å². The Balaban J connectivity index is 1.23. The smallest absolute Gasteiger partial charge is 0.0540 e. The van der Waals surface area contributed by atoms with Crippen LogP contribution in [0.2, 0.25) is 0 Å². The Labute approximate surface area is 311 Å². The van der Waals surface area contributed by atoms with E-state index in [2.05, 4.69) is 229 Å². The average molecular weight is 676 g/mol. The first-order valence-corrected chi connectivity index (χ1v) is 18.2. The zero-order chi connectivity index (χ0) is 35.4. The third kappa shape index (κ3) is 6.42. The summed E-state index contributed by atoms with van der Waals surface area (Å²) in [4.78, 5) is 2.41. The Kier molecular flexibility index (Phi) is 8.66. The molecule has 0 fully saturated rings. The van der Waals surface area contributed by atoms with Crippen molar-refractivity contribution in [3.05, 3.63) is 224 Å². The molecule has 0 saturated heterocycles. The van der Waals surface area contributed by atoms with Crippen LogP contribution in [0.4, 0.5) is 17.1 Å². The molecule has 1 nitrogen and oxygen atoms in total. The Morgan fingerprint density at radius 3 is 1.43 bits per heavy atom. The number of benzene rings is 9. The summed E-state index contributed by atoms with van der Waals surface area (Å²) >= 11 is 0. The van der Waals surface area contributed by atoms with Gasteiger partial charge in [0.1, 0.15) is 0 Å². The van der Waals surface area contributed by atoms with Gasteiger partial charge in [-0.05, 0) is 97.2 Å². The first-order chi connectivity index (χ1) is 26.3. The van der Waals surface area contributed by atoms with E-state index in [-0.39, 0.29) is 0 Å². The summed E-state index contributed by atoms with van der Waals surface area (Å²) in [5.41, 5.74) is 15.3. The SMILES string of the molecule is c1ccc(-c2cccc(N(c3ccc(-c4ccc5ccccc5c4-c4ccccc4)cc3)c3ccc(-c4ccccc4)cc3-c3ccccc3)c2)cc1. The molecular formula is C52H37N. The van der Waals surface area contributed by atoms with Gasteiger partial charge in [-0.3, -0.25) is 0 Å². The second-order valence-electron chi connectivity index (χ2n) is 13.3. The van der Waals surface area contributed by atoms with Crippen LogP contribution in [0.15, 0.2) is 224 Å². The first-order valence-electron chi connectivity index (χ1n) is 18.2. The van der Waals surface area contributed by atoms with E-state index in [1.807, 2.05) is 0 Å². The van der Waals surface area contributed by atoms with Crippen molar-refractivity contribution in [3.63, 3.8) is 0 Å². The van der Waals surface area contributed by atoms with Crippen LogP contribution in [0.5, 0.6) is 0 Å². The Morgan fingerprint density at radius 1 is 0.264 bits per heavy atom. The molecule has 0 aliphatic carbocycles. The van der Waals surface area contributed by atoms with Gasteiger partial charge in [0.05, 0.1) is 5.69 Å². The average Bonchev–Trinajstić information content (AvgIpc) is 3.25. The lowest BCUT2D eigenvalue weighted by atomic mass is 9.89. The van der Waals surface area contributed by atoms with Gasteiger partial charge in [-0.2, -0.15) is 0 Å². The molecule has 0 radical (unpaired) electrons. The summed E-state index contributed by atoms with van der Waals surface area (Å²) in [7, 11) is 0. The van der Waals surface area contributed by atoms with E-state index >= 15 is 0 Å². The van der Waals surface area contributed by atoms with Crippen LogP contribution in [0, 0.1) is 0 Å². The lowest BCUT2D eigenvalue weighted by molar-refractivity contribution is 1.28. The molecule has 9 rings (SSSR count). The fraction of sp³-hybridized carbons (Fsp3) is 0. The Morgan fingerprint density at radius 2 is 0.774 bits per heavy atom. The van der Waals surface area contributed by atoms with Crippen molar-refractivity contribution < 1.29 is 0 Å². The summed E-state index contributed by atoms with van der Waals surface area (Å²) in [6.07, 6.45) is 0. The molecule has 250 valence electrons. The van der Waals surface area contributed by atoms with Gasteiger partial charge in [-0.25, -0.2) is 0 Å². The summed E-state index contributed by atoms with van der Waals surface area (Å²) in [6, 6.07) is 80.8. The van der Waals surface area contributed by atoms with Crippen molar-refractivity contribution in [1.29, 1.82) is 0 Å². The zero-order valence-corrected chi connectivity index (χ0v) is 29.3. The van der Waals surface area contributed by atoms with Crippen LogP contribution in [0.1, 0.15) is 0 Å². The highest BCUT2D eigenvalue weighted by molar-refractivity contribution is 6.04. The molecule has 0 bridgehead atoms. The van der Waals surface area contributed by atoms with Crippen LogP contribution in [-0.4, -0.2) is 0 Å². The van der Waals surface area contributed by atoms with Gasteiger partial charge in [-0.15, -0.1) is 0 Å². The van der Waals surface area contributed by atoms with Gasteiger partial charge in [-0.1, -0.05) is 188 Å². The molecule has 0 aliphatic heterocycles. The van der Waals surface area contributed by atoms with Gasteiger partial charge in [0.2, 0.25) is 0 Å². The number of hydrogen-bond acceptors (Lipinski definition) is 1. The van der Waals surface area contributed by atoms with Crippen LogP contribution < -0.4 is 4.90 Å². The third-order valence-corrected chi connectivity index (χ3v) is 10.1. The minimum Gasteiger partial charge on any atom is -0.310 e. The molecule has 0 heterocycles. The summed E-state index contributed by atoms with van der Waals surface area (Å²) in [6.45, 7) is 0. The molecule has 0 aliphatic rings. The third-order valence-electron chi connectivity index (χ3n) is 10.1. The predicted octanol–water partition coefficient (Wildman–Crippen LogP) is 14.6. The highest BCUT2D eigenvalue weighted by Gasteiger charge is 2.20.